The molecule has 0 saturated heterocycles. The molecule has 0 aliphatic heterocycles. The quantitative estimate of drug-likeness (QED) is 0.292. The number of benzene rings is 1. The predicted molar refractivity (Wildman–Crippen MR) is 48.9 cm³/mol. The fraction of sp³-hybridized carbons (Fsp3) is 0. The lowest BCUT2D eigenvalue weighted by atomic mass is 10.3. The first-order valence-electron chi connectivity index (χ1n) is 3.24. The van der Waals surface area contributed by atoms with E-state index < -0.39 is 22.0 Å². The molecule has 0 fully saturated rings. The van der Waals surface area contributed by atoms with Crippen molar-refractivity contribution in [3.63, 3.8) is 0 Å². The number of halogens is 2. The van der Waals surface area contributed by atoms with Crippen LogP contribution in [0.4, 0.5) is 8.78 Å². The Morgan fingerprint density at radius 1 is 1.00 bits per heavy atom. The van der Waals surface area contributed by atoms with Crippen LogP contribution >= 0.6 is 0 Å². The van der Waals surface area contributed by atoms with Gasteiger partial charge in [0.15, 0.2) is 11.6 Å². The van der Waals surface area contributed by atoms with Crippen molar-refractivity contribution in [1.82, 2.24) is 0 Å². The summed E-state index contributed by atoms with van der Waals surface area (Å²) in [6.45, 7) is 0. The molecule has 1 aromatic carbocycles. The Hall–Kier alpha value is -1.13. The summed E-state index contributed by atoms with van der Waals surface area (Å²) >= 11 is 0. The van der Waals surface area contributed by atoms with Crippen LogP contribution in [-0.4, -0.2) is 17.5 Å². The van der Waals surface area contributed by atoms with Gasteiger partial charge >= 0.3 is 10.4 Å². The highest BCUT2D eigenvalue weighted by atomic mass is 32.3. The van der Waals surface area contributed by atoms with Crippen molar-refractivity contribution in [1.29, 1.82) is 0 Å². The summed E-state index contributed by atoms with van der Waals surface area (Å²) in [7, 11) is -4.67. The molecule has 0 amide bonds. The normalized spacial score (nSPS) is 9.20. The standard InChI is InChI=1S/C6H4F2.H4N2.H2O4S/c7-5-3-1-2-4-6(5)8;1-2;1-5(2,3)4/h1-4H;1-2H2;(H2,1,2,3,4). The Morgan fingerprint density at radius 3 is 1.33 bits per heavy atom. The summed E-state index contributed by atoms with van der Waals surface area (Å²) in [5, 5.41) is 0. The lowest BCUT2D eigenvalue weighted by Gasteiger charge is -1.85. The molecule has 0 atom stereocenters. The van der Waals surface area contributed by atoms with Crippen LogP contribution in [-0.2, 0) is 10.4 Å². The first kappa shape index (κ1) is 16.3. The van der Waals surface area contributed by atoms with Gasteiger partial charge in [0.25, 0.3) is 0 Å². The Labute approximate surface area is 85.1 Å². The van der Waals surface area contributed by atoms with Gasteiger partial charge in [0.05, 0.1) is 0 Å². The Morgan fingerprint density at radius 2 is 1.20 bits per heavy atom. The first-order chi connectivity index (χ1) is 6.80. The van der Waals surface area contributed by atoms with E-state index in [1.165, 1.54) is 12.1 Å². The molecule has 0 saturated carbocycles. The molecule has 0 radical (unpaired) electrons. The zero-order valence-electron chi connectivity index (χ0n) is 7.34. The third kappa shape index (κ3) is 15.6. The fourth-order valence-electron chi connectivity index (χ4n) is 0.439. The highest BCUT2D eigenvalue weighted by molar-refractivity contribution is 7.79. The zero-order valence-corrected chi connectivity index (χ0v) is 8.16. The summed E-state index contributed by atoms with van der Waals surface area (Å²) in [5.41, 5.74) is 0. The highest BCUT2D eigenvalue weighted by Crippen LogP contribution is 2.01. The molecule has 0 unspecified atom stereocenters. The van der Waals surface area contributed by atoms with Crippen molar-refractivity contribution < 1.29 is 26.3 Å². The van der Waals surface area contributed by atoms with E-state index in [-0.39, 0.29) is 0 Å². The first-order valence-corrected chi connectivity index (χ1v) is 4.63. The summed E-state index contributed by atoms with van der Waals surface area (Å²) in [6, 6.07) is 5.04. The van der Waals surface area contributed by atoms with Gasteiger partial charge in [-0.1, -0.05) is 12.1 Å². The summed E-state index contributed by atoms with van der Waals surface area (Å²) < 4.78 is 55.5. The van der Waals surface area contributed by atoms with Gasteiger partial charge in [0.2, 0.25) is 0 Å². The Kier molecular flexibility index (Phi) is 8.91. The van der Waals surface area contributed by atoms with E-state index in [1.807, 2.05) is 0 Å². The number of hydrazine groups is 1. The predicted octanol–water partition coefficient (Wildman–Crippen LogP) is 0.131. The van der Waals surface area contributed by atoms with Gasteiger partial charge in [-0.2, -0.15) is 8.42 Å². The second-order valence-electron chi connectivity index (χ2n) is 1.86. The molecule has 0 aliphatic rings. The van der Waals surface area contributed by atoms with Crippen LogP contribution in [0.2, 0.25) is 0 Å². The van der Waals surface area contributed by atoms with Crippen molar-refractivity contribution in [2.45, 2.75) is 0 Å². The second-order valence-corrected chi connectivity index (χ2v) is 2.76. The van der Waals surface area contributed by atoms with Gasteiger partial charge in [0, 0.05) is 0 Å². The maximum absolute atomic E-state index is 11.9. The van der Waals surface area contributed by atoms with Crippen LogP contribution < -0.4 is 11.7 Å². The smallest absolute Gasteiger partial charge is 0.274 e. The average Bonchev–Trinajstić information content (AvgIpc) is 2.11. The van der Waals surface area contributed by atoms with Crippen LogP contribution in [0.1, 0.15) is 0 Å². The average molecular weight is 244 g/mol. The third-order valence-electron chi connectivity index (χ3n) is 0.824. The molecule has 6 N–H and O–H groups in total. The van der Waals surface area contributed by atoms with E-state index in [9.17, 15) is 8.78 Å². The lowest BCUT2D eigenvalue weighted by molar-refractivity contribution is 0.381. The fourth-order valence-corrected chi connectivity index (χ4v) is 0.439. The van der Waals surface area contributed by atoms with Crippen molar-refractivity contribution in [2.75, 3.05) is 0 Å². The minimum Gasteiger partial charge on any atom is -0.274 e. The molecule has 0 aromatic heterocycles. The van der Waals surface area contributed by atoms with Gasteiger partial charge in [0.1, 0.15) is 0 Å². The molecule has 1 rings (SSSR count). The maximum atomic E-state index is 11.9. The third-order valence-corrected chi connectivity index (χ3v) is 0.824. The molecule has 0 aliphatic carbocycles. The number of nitrogens with two attached hydrogens (primary N) is 2. The largest absolute Gasteiger partial charge is 0.394 e. The van der Waals surface area contributed by atoms with E-state index in [2.05, 4.69) is 11.7 Å². The maximum Gasteiger partial charge on any atom is 0.394 e. The number of hydrogen-bond donors (Lipinski definition) is 4. The minimum absolute atomic E-state index is 0.799. The van der Waals surface area contributed by atoms with Gasteiger partial charge < -0.3 is 0 Å². The summed E-state index contributed by atoms with van der Waals surface area (Å²) in [5.74, 6) is 6.40. The van der Waals surface area contributed by atoms with Crippen molar-refractivity contribution in [3.05, 3.63) is 35.9 Å². The van der Waals surface area contributed by atoms with Crippen LogP contribution in [0.15, 0.2) is 24.3 Å². The van der Waals surface area contributed by atoms with Gasteiger partial charge in [-0.3, -0.25) is 20.8 Å². The molecule has 0 bridgehead atoms. The number of rotatable bonds is 0. The van der Waals surface area contributed by atoms with Crippen LogP contribution in [0, 0.1) is 11.6 Å². The Bertz CT molecular complexity index is 342. The minimum atomic E-state index is -4.67. The van der Waals surface area contributed by atoms with Crippen LogP contribution in [0.25, 0.3) is 0 Å². The lowest BCUT2D eigenvalue weighted by Crippen LogP contribution is -2.02. The van der Waals surface area contributed by atoms with Crippen molar-refractivity contribution >= 4 is 10.4 Å². The molecular weight excluding hydrogens is 234 g/mol. The second kappa shape index (κ2) is 8.20. The van der Waals surface area contributed by atoms with E-state index >= 15 is 0 Å². The molecule has 9 heteroatoms. The van der Waals surface area contributed by atoms with Crippen LogP contribution in [0.3, 0.4) is 0 Å². The van der Waals surface area contributed by atoms with Gasteiger partial charge in [-0.05, 0) is 12.1 Å². The van der Waals surface area contributed by atoms with E-state index in [4.69, 9.17) is 17.5 Å². The molecule has 1 aromatic rings. The van der Waals surface area contributed by atoms with Crippen molar-refractivity contribution in [2.24, 2.45) is 11.7 Å². The monoisotopic (exact) mass is 244 g/mol. The Balaban J connectivity index is 0. The highest BCUT2D eigenvalue weighted by Gasteiger charge is 1.93. The topological polar surface area (TPSA) is 127 Å². The molecule has 6 nitrogen and oxygen atoms in total. The molecule has 0 spiro atoms. The summed E-state index contributed by atoms with van der Waals surface area (Å²) in [4.78, 5) is 0. The zero-order chi connectivity index (χ0) is 12.5. The molecule has 15 heavy (non-hydrogen) atoms. The summed E-state index contributed by atoms with van der Waals surface area (Å²) in [6.07, 6.45) is 0. The molecular formula is C6H10F2N2O4S. The van der Waals surface area contributed by atoms with E-state index in [1.54, 1.807) is 0 Å². The SMILES string of the molecule is Fc1ccccc1F.NN.O=S(=O)(O)O. The van der Waals surface area contributed by atoms with Crippen molar-refractivity contribution in [3.8, 4) is 0 Å². The van der Waals surface area contributed by atoms with Gasteiger partial charge in [-0.25, -0.2) is 8.78 Å². The molecule has 88 valence electrons. The van der Waals surface area contributed by atoms with Crippen LogP contribution in [0.5, 0.6) is 0 Å². The number of hydrogen-bond acceptors (Lipinski definition) is 4. The van der Waals surface area contributed by atoms with Gasteiger partial charge in [-0.15, -0.1) is 0 Å². The molecule has 0 heterocycles. The van der Waals surface area contributed by atoms with E-state index in [0.29, 0.717) is 0 Å². The van der Waals surface area contributed by atoms with E-state index in [0.717, 1.165) is 12.1 Å².